The van der Waals surface area contributed by atoms with Crippen molar-refractivity contribution in [3.8, 4) is 0 Å². The Balaban J connectivity index is 0.000000499. The molecule has 1 fully saturated rings. The molecule has 6 heteroatoms. The third-order valence-electron chi connectivity index (χ3n) is 15.4. The second-order valence-electron chi connectivity index (χ2n) is 17.0. The van der Waals surface area contributed by atoms with Crippen molar-refractivity contribution in [2.45, 2.75) is 111 Å². The maximum atomic E-state index is 14.8. The SMILES string of the molecule is CC.CC.CC.CC.CC12C(=O)n3c(nc4ccccc43)C1(C)c1ccc3c4c(ccc2c14)C1(C)c2ccc4c5c2c(ccc5c(=O)n2c5c(nc42)=CC2CC2C=5)C31C. The number of nitrogens with zero attached hydrogens (tertiary/aromatic N) is 4. The maximum Gasteiger partial charge on any atom is 0.264 e. The number of pyridine rings is 1. The minimum Gasteiger partial charge on any atom is -0.273 e. The number of aromatic nitrogens is 4. The van der Waals surface area contributed by atoms with E-state index in [9.17, 15) is 9.59 Å². The molecule has 0 spiro atoms. The van der Waals surface area contributed by atoms with Crippen LogP contribution in [-0.4, -0.2) is 24.8 Å². The molecule has 0 saturated heterocycles. The van der Waals surface area contributed by atoms with Crippen molar-refractivity contribution >= 4 is 67.1 Å². The van der Waals surface area contributed by atoms with E-state index in [0.29, 0.717) is 11.8 Å². The van der Waals surface area contributed by atoms with Crippen molar-refractivity contribution < 1.29 is 4.79 Å². The third kappa shape index (κ3) is 3.71. The normalized spacial score (nSPS) is 27.2. The number of rotatable bonds is 0. The summed E-state index contributed by atoms with van der Waals surface area (Å²) in [5.74, 6) is 2.02. The van der Waals surface area contributed by atoms with Crippen molar-refractivity contribution in [3.63, 3.8) is 0 Å². The van der Waals surface area contributed by atoms with Gasteiger partial charge in [0.15, 0.2) is 0 Å². The number of hydrogen-bond donors (Lipinski definition) is 0. The molecule has 59 heavy (non-hydrogen) atoms. The summed E-state index contributed by atoms with van der Waals surface area (Å²) in [5, 5.41) is 8.47. The van der Waals surface area contributed by atoms with Gasteiger partial charge in [0.1, 0.15) is 11.5 Å². The number of carbonyl (C=O) groups is 1. The van der Waals surface area contributed by atoms with E-state index in [-0.39, 0.29) is 22.3 Å². The Labute approximate surface area is 345 Å². The van der Waals surface area contributed by atoms with E-state index >= 15 is 0 Å². The first-order chi connectivity index (χ1) is 28.6. The molecule has 1 saturated carbocycles. The summed E-state index contributed by atoms with van der Waals surface area (Å²) in [5.41, 5.74) is 7.77. The molecular formula is C53H54N4O2. The van der Waals surface area contributed by atoms with E-state index in [1.807, 2.05) is 88.6 Å². The molecule has 6 nitrogen and oxygen atoms in total. The highest BCUT2D eigenvalue weighted by Crippen LogP contribution is 2.70. The molecule has 6 aliphatic rings. The van der Waals surface area contributed by atoms with Crippen LogP contribution >= 0.6 is 0 Å². The van der Waals surface area contributed by atoms with Gasteiger partial charge in [0.25, 0.3) is 5.56 Å². The molecule has 6 unspecified atom stereocenters. The van der Waals surface area contributed by atoms with Crippen LogP contribution in [0.5, 0.6) is 0 Å². The van der Waals surface area contributed by atoms with Crippen LogP contribution in [-0.2, 0) is 21.7 Å². The molecule has 0 amide bonds. The van der Waals surface area contributed by atoms with Crippen LogP contribution < -0.4 is 16.3 Å². The van der Waals surface area contributed by atoms with Gasteiger partial charge in [-0.25, -0.2) is 9.97 Å². The number of benzene rings is 5. The van der Waals surface area contributed by atoms with Crippen LogP contribution in [0.1, 0.15) is 134 Å². The highest BCUT2D eigenvalue weighted by Gasteiger charge is 2.68. The predicted molar refractivity (Wildman–Crippen MR) is 244 cm³/mol. The summed E-state index contributed by atoms with van der Waals surface area (Å²) >= 11 is 0. The van der Waals surface area contributed by atoms with Gasteiger partial charge in [-0.2, -0.15) is 0 Å². The monoisotopic (exact) mass is 778 g/mol. The van der Waals surface area contributed by atoms with Crippen LogP contribution in [0, 0.1) is 11.8 Å². The van der Waals surface area contributed by atoms with E-state index in [1.54, 1.807) is 0 Å². The lowest BCUT2D eigenvalue weighted by molar-refractivity contribution is 0.0820. The van der Waals surface area contributed by atoms with Crippen LogP contribution in [0.4, 0.5) is 0 Å². The number of para-hydroxylation sites is 2. The molecule has 6 atom stereocenters. The Morgan fingerprint density at radius 3 is 1.64 bits per heavy atom. The van der Waals surface area contributed by atoms with E-state index in [1.165, 1.54) is 44.0 Å². The number of carbonyl (C=O) groups excluding carboxylic acids is 1. The topological polar surface area (TPSA) is 69.3 Å². The largest absolute Gasteiger partial charge is 0.273 e. The van der Waals surface area contributed by atoms with E-state index in [0.717, 1.165) is 61.3 Å². The molecule has 0 N–H and O–H groups in total. The zero-order valence-electron chi connectivity index (χ0n) is 36.6. The average Bonchev–Trinajstić information content (AvgIpc) is 3.43. The molecule has 1 aliphatic heterocycles. The summed E-state index contributed by atoms with van der Waals surface area (Å²) < 4.78 is 3.77. The van der Waals surface area contributed by atoms with E-state index in [2.05, 4.69) is 88.4 Å². The summed E-state index contributed by atoms with van der Waals surface area (Å²) in [6.07, 6.45) is 5.70. The third-order valence-corrected chi connectivity index (χ3v) is 15.4. The van der Waals surface area contributed by atoms with E-state index in [4.69, 9.17) is 9.97 Å². The molecule has 4 heterocycles. The van der Waals surface area contributed by atoms with Gasteiger partial charge in [-0.15, -0.1) is 0 Å². The van der Waals surface area contributed by atoms with Crippen molar-refractivity contribution in [1.82, 2.24) is 18.9 Å². The van der Waals surface area contributed by atoms with Gasteiger partial charge in [-0.05, 0) is 99.8 Å². The standard InChI is InChI=1S/C45H30N4O2.4C2H6/c1-42-24-11-9-22-34-23(39(50)48-33-19-21-17-20(21)18-31(33)46-38(22)48)10-12-25(35(24)34)43(42,2)26-13-15-28-37-29(16-14-27(42)36(26)37)45(4)41(51)49-32-8-6-5-7-30(32)47-40(49)44(28,45)3;4*1-2/h5-16,18-21H,17H2,1-4H3;4*1-2H3. The second kappa shape index (κ2) is 12.0. The fraction of sp³-hybridized carbons (Fsp3) is 0.358. The van der Waals surface area contributed by atoms with Gasteiger partial charge in [-0.1, -0.05) is 136 Å². The molecule has 14 rings (SSSR count). The first-order valence-electron chi connectivity index (χ1n) is 22.3. The zero-order chi connectivity index (χ0) is 41.9. The lowest BCUT2D eigenvalue weighted by atomic mass is 9.62. The minimum atomic E-state index is -0.784. The number of imidazole rings is 2. The zero-order valence-corrected chi connectivity index (χ0v) is 36.6. The Morgan fingerprint density at radius 2 is 1.03 bits per heavy atom. The molecule has 298 valence electrons. The second-order valence-corrected chi connectivity index (χ2v) is 17.0. The van der Waals surface area contributed by atoms with Gasteiger partial charge >= 0.3 is 0 Å². The minimum absolute atomic E-state index is 0.0254. The van der Waals surface area contributed by atoms with Crippen molar-refractivity contribution in [3.05, 3.63) is 133 Å². The van der Waals surface area contributed by atoms with Gasteiger partial charge in [0, 0.05) is 27.0 Å². The molecule has 3 aromatic heterocycles. The van der Waals surface area contributed by atoms with Crippen molar-refractivity contribution in [1.29, 1.82) is 0 Å². The van der Waals surface area contributed by atoms with Crippen LogP contribution in [0.15, 0.2) is 77.6 Å². The number of fused-ring (bicyclic) bond motifs is 17. The molecule has 5 aliphatic carbocycles. The van der Waals surface area contributed by atoms with E-state index < -0.39 is 10.8 Å². The highest BCUT2D eigenvalue weighted by molar-refractivity contribution is 6.20. The molecule has 5 aromatic carbocycles. The Morgan fingerprint density at radius 1 is 0.542 bits per heavy atom. The summed E-state index contributed by atoms with van der Waals surface area (Å²) in [7, 11) is 0. The Kier molecular flexibility index (Phi) is 7.65. The smallest absolute Gasteiger partial charge is 0.264 e. The summed E-state index contributed by atoms with van der Waals surface area (Å²) in [6.45, 7) is 25.2. The van der Waals surface area contributed by atoms with Crippen LogP contribution in [0.2, 0.25) is 0 Å². The highest BCUT2D eigenvalue weighted by atomic mass is 16.2. The van der Waals surface area contributed by atoms with Crippen LogP contribution in [0.3, 0.4) is 0 Å². The number of hydrogen-bond acceptors (Lipinski definition) is 4. The first kappa shape index (κ1) is 37.6. The van der Waals surface area contributed by atoms with Crippen LogP contribution in [0.25, 0.3) is 61.1 Å². The molecule has 0 radical (unpaired) electrons. The van der Waals surface area contributed by atoms with Gasteiger partial charge in [0.05, 0.1) is 32.6 Å². The molecule has 8 aromatic rings. The summed E-state index contributed by atoms with van der Waals surface area (Å²) in [6, 6.07) is 26.1. The van der Waals surface area contributed by atoms with Gasteiger partial charge in [0.2, 0.25) is 5.91 Å². The quantitative estimate of drug-likeness (QED) is 0.154. The maximum absolute atomic E-state index is 14.8. The fourth-order valence-electron chi connectivity index (χ4n) is 12.5. The summed E-state index contributed by atoms with van der Waals surface area (Å²) in [4.78, 5) is 39.5. The average molecular weight is 779 g/mol. The van der Waals surface area contributed by atoms with Gasteiger partial charge < -0.3 is 0 Å². The first-order valence-corrected chi connectivity index (χ1v) is 22.3. The fourth-order valence-corrected chi connectivity index (χ4v) is 12.5. The lowest BCUT2D eigenvalue weighted by Crippen LogP contribution is -2.43. The predicted octanol–water partition coefficient (Wildman–Crippen LogP) is 10.4. The Bertz CT molecular complexity index is 3340. The molecular weight excluding hydrogens is 725 g/mol. The van der Waals surface area contributed by atoms with Crippen molar-refractivity contribution in [2.75, 3.05) is 0 Å². The molecule has 0 bridgehead atoms. The lowest BCUT2D eigenvalue weighted by Gasteiger charge is -2.39. The van der Waals surface area contributed by atoms with Gasteiger partial charge in [-0.3, -0.25) is 18.6 Å². The Hall–Kier alpha value is -5.62. The van der Waals surface area contributed by atoms with Crippen molar-refractivity contribution in [2.24, 2.45) is 11.8 Å².